The van der Waals surface area contributed by atoms with Gasteiger partial charge in [-0.2, -0.15) is 0 Å². The number of piperidine rings is 1. The van der Waals surface area contributed by atoms with Crippen molar-refractivity contribution in [3.8, 4) is 0 Å². The summed E-state index contributed by atoms with van der Waals surface area (Å²) >= 11 is 1.49. The Morgan fingerprint density at radius 2 is 1.84 bits per heavy atom. The van der Waals surface area contributed by atoms with Gasteiger partial charge in [-0.3, -0.25) is 4.79 Å². The first kappa shape index (κ1) is 20.7. The van der Waals surface area contributed by atoms with Crippen LogP contribution in [0, 0.1) is 5.92 Å². The second-order valence-electron chi connectivity index (χ2n) is 8.40. The standard InChI is InChI=1S/C25H25N3O3S/c29-22-20(24(30)31)16-28(23-21(22)26-25(32-23)27-13-7-2-8-14-27)15-18-11-5-6-12-19(18)17-9-3-1-4-10-17/h1,3-6,9-12,16,18-19H,2,7-8,13-15H2,(H,30,31). The van der Waals surface area contributed by atoms with Crippen LogP contribution in [0.3, 0.4) is 0 Å². The molecule has 1 aliphatic carbocycles. The smallest absolute Gasteiger partial charge is 0.341 e. The molecule has 164 valence electrons. The van der Waals surface area contributed by atoms with E-state index in [-0.39, 0.29) is 22.9 Å². The third-order valence-corrected chi connectivity index (χ3v) is 7.45. The molecule has 0 spiro atoms. The molecule has 1 N–H and O–H groups in total. The molecule has 2 unspecified atom stereocenters. The van der Waals surface area contributed by atoms with Crippen LogP contribution in [-0.2, 0) is 6.54 Å². The Morgan fingerprint density at radius 1 is 1.09 bits per heavy atom. The van der Waals surface area contributed by atoms with Crippen LogP contribution in [0.5, 0.6) is 0 Å². The van der Waals surface area contributed by atoms with Crippen LogP contribution in [0.2, 0.25) is 0 Å². The highest BCUT2D eigenvalue weighted by atomic mass is 32.1. The van der Waals surface area contributed by atoms with E-state index >= 15 is 0 Å². The van der Waals surface area contributed by atoms with Gasteiger partial charge in [0.15, 0.2) is 5.13 Å². The van der Waals surface area contributed by atoms with Gasteiger partial charge in [0.1, 0.15) is 15.9 Å². The molecule has 32 heavy (non-hydrogen) atoms. The molecule has 0 bridgehead atoms. The van der Waals surface area contributed by atoms with E-state index in [9.17, 15) is 14.7 Å². The zero-order chi connectivity index (χ0) is 22.1. The lowest BCUT2D eigenvalue weighted by atomic mass is 9.83. The van der Waals surface area contributed by atoms with E-state index in [2.05, 4.69) is 40.2 Å². The predicted molar refractivity (Wildman–Crippen MR) is 128 cm³/mol. The lowest BCUT2D eigenvalue weighted by Crippen LogP contribution is -2.29. The van der Waals surface area contributed by atoms with Gasteiger partial charge in [-0.05, 0) is 24.8 Å². The van der Waals surface area contributed by atoms with Crippen molar-refractivity contribution in [3.63, 3.8) is 0 Å². The SMILES string of the molecule is O=C(O)c1cn(CC2C=CC=CC2c2ccccc2)c2sc(N3CCCCC3)nc2c1=O. The second-order valence-corrected chi connectivity index (χ2v) is 9.35. The number of hydrogen-bond acceptors (Lipinski definition) is 5. The number of pyridine rings is 1. The maximum absolute atomic E-state index is 12.9. The van der Waals surface area contributed by atoms with Crippen LogP contribution in [0.15, 0.2) is 65.6 Å². The highest BCUT2D eigenvalue weighted by Gasteiger charge is 2.25. The molecule has 2 atom stereocenters. The number of carbonyl (C=O) groups is 1. The van der Waals surface area contributed by atoms with Crippen LogP contribution in [-0.4, -0.2) is 33.7 Å². The number of thiazole rings is 1. The zero-order valence-corrected chi connectivity index (χ0v) is 18.5. The normalized spacial score (nSPS) is 20.7. The Kier molecular flexibility index (Phi) is 5.66. The Labute approximate surface area is 190 Å². The van der Waals surface area contributed by atoms with Crippen LogP contribution in [0.25, 0.3) is 10.3 Å². The van der Waals surface area contributed by atoms with Gasteiger partial charge in [0, 0.05) is 37.7 Å². The summed E-state index contributed by atoms with van der Waals surface area (Å²) in [6.45, 7) is 2.41. The number of carboxylic acids is 1. The fourth-order valence-corrected chi connectivity index (χ4v) is 5.74. The Morgan fingerprint density at radius 3 is 2.59 bits per heavy atom. The molecular formula is C25H25N3O3S. The van der Waals surface area contributed by atoms with E-state index in [4.69, 9.17) is 0 Å². The van der Waals surface area contributed by atoms with E-state index < -0.39 is 11.4 Å². The van der Waals surface area contributed by atoms with E-state index in [0.29, 0.717) is 6.54 Å². The van der Waals surface area contributed by atoms with Crippen molar-refractivity contribution in [2.45, 2.75) is 31.7 Å². The monoisotopic (exact) mass is 447 g/mol. The van der Waals surface area contributed by atoms with Crippen molar-refractivity contribution in [2.75, 3.05) is 18.0 Å². The molecule has 0 radical (unpaired) electrons. The van der Waals surface area contributed by atoms with Crippen molar-refractivity contribution in [1.82, 2.24) is 9.55 Å². The van der Waals surface area contributed by atoms with E-state index in [1.807, 2.05) is 28.8 Å². The van der Waals surface area contributed by atoms with Crippen LogP contribution < -0.4 is 10.3 Å². The molecule has 0 amide bonds. The third kappa shape index (κ3) is 3.88. The number of nitrogens with zero attached hydrogens (tertiary/aromatic N) is 3. The van der Waals surface area contributed by atoms with E-state index in [1.165, 1.54) is 29.5 Å². The molecule has 1 saturated heterocycles. The zero-order valence-electron chi connectivity index (χ0n) is 17.7. The Balaban J connectivity index is 1.57. The summed E-state index contributed by atoms with van der Waals surface area (Å²) in [5.41, 5.74) is 0.760. The molecule has 2 aliphatic rings. The number of benzene rings is 1. The molecule has 5 rings (SSSR count). The van der Waals surface area contributed by atoms with Gasteiger partial charge in [0.25, 0.3) is 0 Å². The minimum atomic E-state index is -1.21. The van der Waals surface area contributed by atoms with Crippen molar-refractivity contribution in [3.05, 3.63) is 82.2 Å². The van der Waals surface area contributed by atoms with Crippen molar-refractivity contribution >= 4 is 32.8 Å². The Hall–Kier alpha value is -3.19. The van der Waals surface area contributed by atoms with Crippen LogP contribution in [0.1, 0.15) is 41.1 Å². The van der Waals surface area contributed by atoms with E-state index in [1.54, 1.807) is 0 Å². The third-order valence-electron chi connectivity index (χ3n) is 6.30. The highest BCUT2D eigenvalue weighted by Crippen LogP contribution is 2.34. The molecule has 2 aromatic heterocycles. The average molecular weight is 448 g/mol. The summed E-state index contributed by atoms with van der Waals surface area (Å²) in [4.78, 5) is 32.3. The first-order valence-electron chi connectivity index (χ1n) is 11.0. The number of aromatic nitrogens is 2. The van der Waals surface area contributed by atoms with Gasteiger partial charge in [-0.1, -0.05) is 66.0 Å². The summed E-state index contributed by atoms with van der Waals surface area (Å²) in [6.07, 6.45) is 13.4. The molecule has 1 fully saturated rings. The van der Waals surface area contributed by atoms with Crippen LogP contribution in [0.4, 0.5) is 5.13 Å². The van der Waals surface area contributed by atoms with Crippen LogP contribution >= 0.6 is 11.3 Å². The number of aromatic carboxylic acids is 1. The molecule has 3 aromatic rings. The first-order chi connectivity index (χ1) is 15.6. The van der Waals surface area contributed by atoms with Gasteiger partial charge in [0.2, 0.25) is 5.43 Å². The minimum absolute atomic E-state index is 0.135. The summed E-state index contributed by atoms with van der Waals surface area (Å²) in [7, 11) is 0. The number of rotatable bonds is 5. The van der Waals surface area contributed by atoms with Gasteiger partial charge in [-0.25, -0.2) is 9.78 Å². The quantitative estimate of drug-likeness (QED) is 0.615. The minimum Gasteiger partial charge on any atom is -0.477 e. The molecule has 7 heteroatoms. The van der Waals surface area contributed by atoms with Gasteiger partial charge < -0.3 is 14.6 Å². The second kappa shape index (κ2) is 8.74. The van der Waals surface area contributed by atoms with E-state index in [0.717, 1.165) is 35.9 Å². The lowest BCUT2D eigenvalue weighted by Gasteiger charge is -2.26. The largest absolute Gasteiger partial charge is 0.477 e. The van der Waals surface area contributed by atoms with Crippen molar-refractivity contribution in [2.24, 2.45) is 5.92 Å². The molecule has 1 aliphatic heterocycles. The maximum atomic E-state index is 12.9. The molecule has 3 heterocycles. The fourth-order valence-electron chi connectivity index (χ4n) is 4.64. The van der Waals surface area contributed by atoms with Crippen molar-refractivity contribution < 1.29 is 9.90 Å². The van der Waals surface area contributed by atoms with Gasteiger partial charge in [-0.15, -0.1) is 0 Å². The summed E-state index contributed by atoms with van der Waals surface area (Å²) in [5.74, 6) is -0.898. The summed E-state index contributed by atoms with van der Waals surface area (Å²) < 4.78 is 1.93. The summed E-state index contributed by atoms with van der Waals surface area (Å²) in [5, 5.41) is 10.5. The molecular weight excluding hydrogens is 422 g/mol. The van der Waals surface area contributed by atoms with Gasteiger partial charge >= 0.3 is 5.97 Å². The first-order valence-corrected chi connectivity index (χ1v) is 11.9. The summed E-state index contributed by atoms with van der Waals surface area (Å²) in [6, 6.07) is 10.3. The lowest BCUT2D eigenvalue weighted by molar-refractivity contribution is 0.0694. The number of allylic oxidation sites excluding steroid dienone is 4. The van der Waals surface area contributed by atoms with Gasteiger partial charge in [0.05, 0.1) is 0 Å². The highest BCUT2D eigenvalue weighted by molar-refractivity contribution is 7.21. The average Bonchev–Trinajstić information content (AvgIpc) is 3.29. The Bertz CT molecular complexity index is 1250. The number of anilines is 1. The topological polar surface area (TPSA) is 75.4 Å². The maximum Gasteiger partial charge on any atom is 0.341 e. The predicted octanol–water partition coefficient (Wildman–Crippen LogP) is 4.67. The molecule has 6 nitrogen and oxygen atoms in total. The number of hydrogen-bond donors (Lipinski definition) is 1. The fraction of sp³-hybridized carbons (Fsp3) is 0.320. The number of carboxylic acid groups (broad SMARTS) is 1. The molecule has 0 saturated carbocycles. The van der Waals surface area contributed by atoms with Crippen molar-refractivity contribution in [1.29, 1.82) is 0 Å². The number of fused-ring (bicyclic) bond motifs is 1. The molecule has 1 aromatic carbocycles.